The normalized spacial score (nSPS) is 15.4. The fraction of sp³-hybridized carbons (Fsp3) is 0.261. The topological polar surface area (TPSA) is 111 Å². The van der Waals surface area contributed by atoms with Gasteiger partial charge >= 0.3 is 12.1 Å². The van der Waals surface area contributed by atoms with Gasteiger partial charge in [0.05, 0.1) is 6.04 Å². The van der Waals surface area contributed by atoms with Crippen LogP contribution < -0.4 is 4.74 Å². The molecule has 0 radical (unpaired) electrons. The number of hydroxylamine groups is 2. The van der Waals surface area contributed by atoms with Crippen molar-refractivity contribution in [1.82, 2.24) is 10.2 Å². The molecule has 0 saturated heterocycles. The summed E-state index contributed by atoms with van der Waals surface area (Å²) in [4.78, 5) is 29.1. The number of nitrogens with zero attached hydrogens (tertiary/aromatic N) is 2. The van der Waals surface area contributed by atoms with Gasteiger partial charge in [0, 0.05) is 22.7 Å². The van der Waals surface area contributed by atoms with Crippen LogP contribution in [0.15, 0.2) is 47.2 Å². The van der Waals surface area contributed by atoms with Gasteiger partial charge in [-0.05, 0) is 54.8 Å². The summed E-state index contributed by atoms with van der Waals surface area (Å²) >= 11 is 6.23. The van der Waals surface area contributed by atoms with E-state index < -0.39 is 30.6 Å². The van der Waals surface area contributed by atoms with Crippen LogP contribution in [0.3, 0.4) is 0 Å². The Balaban J connectivity index is 1.65. The molecule has 0 fully saturated rings. The molecule has 1 N–H and O–H groups in total. The van der Waals surface area contributed by atoms with Gasteiger partial charge in [0.25, 0.3) is 0 Å². The molecule has 0 unspecified atom stereocenters. The molecule has 1 atom stereocenters. The van der Waals surface area contributed by atoms with Crippen LogP contribution in [0.25, 0.3) is 0 Å². The molecule has 1 aromatic heterocycles. The number of carbonyl (C=O) groups excluding carboxylic acids is 1. The van der Waals surface area contributed by atoms with Crippen molar-refractivity contribution in [2.24, 2.45) is 0 Å². The Morgan fingerprint density at radius 1 is 1.26 bits per heavy atom. The average Bonchev–Trinajstić information content (AvgIpc) is 3.21. The van der Waals surface area contributed by atoms with E-state index >= 15 is 0 Å². The number of ether oxygens (including phenoxy) is 2. The van der Waals surface area contributed by atoms with Gasteiger partial charge in [0.2, 0.25) is 0 Å². The molecule has 0 bridgehead atoms. The largest absolute Gasteiger partial charge is 0.528 e. The van der Waals surface area contributed by atoms with Gasteiger partial charge < -0.3 is 23.9 Å². The standard InChI is InChI=1S/C23H20ClFN2O7/c1-13-10-33-26-19(13)11-32-23(30)34-27-7-6-14-8-16(25)3-4-17(14)22(27)18-9-15(24)2-5-20(18)31-12-21(28)29/h2-5,8-10,22H,6-7,11-12H2,1H3,(H,28,29)/t22-/m0/s1. The van der Waals surface area contributed by atoms with Crippen molar-refractivity contribution in [2.75, 3.05) is 13.2 Å². The molecule has 0 spiro atoms. The number of halogens is 2. The fourth-order valence-electron chi connectivity index (χ4n) is 3.70. The maximum atomic E-state index is 13.9. The number of hydrogen-bond acceptors (Lipinski definition) is 8. The van der Waals surface area contributed by atoms with Crippen LogP contribution >= 0.6 is 11.6 Å². The number of aromatic nitrogens is 1. The van der Waals surface area contributed by atoms with Gasteiger partial charge in [0.15, 0.2) is 6.61 Å². The Morgan fingerprint density at radius 3 is 2.82 bits per heavy atom. The van der Waals surface area contributed by atoms with E-state index in [1.807, 2.05) is 0 Å². The van der Waals surface area contributed by atoms with E-state index in [1.54, 1.807) is 25.1 Å². The maximum absolute atomic E-state index is 13.9. The van der Waals surface area contributed by atoms with Crippen LogP contribution in [0.1, 0.15) is 34.0 Å². The summed E-state index contributed by atoms with van der Waals surface area (Å²) in [5.41, 5.74) is 2.98. The minimum atomic E-state index is -1.16. The smallest absolute Gasteiger partial charge is 0.482 e. The third-order valence-corrected chi connectivity index (χ3v) is 5.51. The third-order valence-electron chi connectivity index (χ3n) is 5.27. The van der Waals surface area contributed by atoms with Gasteiger partial charge in [-0.25, -0.2) is 14.0 Å². The number of hydrogen-bond donors (Lipinski definition) is 1. The number of rotatable bonds is 7. The van der Waals surface area contributed by atoms with Crippen molar-refractivity contribution in [3.63, 3.8) is 0 Å². The SMILES string of the molecule is Cc1conc1COC(=O)ON1CCc2cc(F)ccc2[C@H]1c1cc(Cl)ccc1OCC(=O)O. The lowest BCUT2D eigenvalue weighted by atomic mass is 9.89. The van der Waals surface area contributed by atoms with Crippen LogP contribution in [0.5, 0.6) is 5.75 Å². The van der Waals surface area contributed by atoms with E-state index in [-0.39, 0.29) is 18.9 Å². The second-order valence-corrected chi connectivity index (χ2v) is 8.01. The molecule has 9 nitrogen and oxygen atoms in total. The number of fused-ring (bicyclic) bond motifs is 1. The van der Waals surface area contributed by atoms with E-state index in [9.17, 15) is 14.0 Å². The highest BCUT2D eigenvalue weighted by Gasteiger charge is 2.34. The first kappa shape index (κ1) is 23.5. The van der Waals surface area contributed by atoms with Crippen molar-refractivity contribution < 1.29 is 37.9 Å². The van der Waals surface area contributed by atoms with Crippen LogP contribution in [-0.4, -0.2) is 40.6 Å². The quantitative estimate of drug-likeness (QED) is 0.480. The first-order valence-corrected chi connectivity index (χ1v) is 10.6. The molecule has 1 aliphatic heterocycles. The molecule has 1 aliphatic rings. The Labute approximate surface area is 198 Å². The number of carboxylic acids is 1. The van der Waals surface area contributed by atoms with Crippen LogP contribution in [0.4, 0.5) is 9.18 Å². The summed E-state index contributed by atoms with van der Waals surface area (Å²) < 4.78 is 29.4. The molecule has 0 amide bonds. The van der Waals surface area contributed by atoms with Crippen LogP contribution in [-0.2, 0) is 27.4 Å². The maximum Gasteiger partial charge on any atom is 0.528 e. The summed E-state index contributed by atoms with van der Waals surface area (Å²) in [6.45, 7) is 1.24. The second-order valence-electron chi connectivity index (χ2n) is 7.58. The first-order valence-electron chi connectivity index (χ1n) is 10.3. The molecule has 11 heteroatoms. The Kier molecular flexibility index (Phi) is 6.99. The summed E-state index contributed by atoms with van der Waals surface area (Å²) in [6.07, 6.45) is 0.844. The van der Waals surface area contributed by atoms with E-state index in [0.717, 1.165) is 5.56 Å². The molecule has 3 aromatic rings. The number of benzene rings is 2. The van der Waals surface area contributed by atoms with Crippen molar-refractivity contribution >= 4 is 23.7 Å². The third kappa shape index (κ3) is 5.29. The molecule has 178 valence electrons. The van der Waals surface area contributed by atoms with E-state index in [0.29, 0.717) is 33.8 Å². The average molecular weight is 491 g/mol. The first-order chi connectivity index (χ1) is 16.3. The highest BCUT2D eigenvalue weighted by atomic mass is 35.5. The zero-order valence-corrected chi connectivity index (χ0v) is 18.8. The predicted molar refractivity (Wildman–Crippen MR) is 116 cm³/mol. The molecule has 4 rings (SSSR count). The lowest BCUT2D eigenvalue weighted by Gasteiger charge is -2.36. The van der Waals surface area contributed by atoms with Gasteiger partial charge in [-0.3, -0.25) is 0 Å². The van der Waals surface area contributed by atoms with Crippen LogP contribution in [0.2, 0.25) is 5.02 Å². The summed E-state index contributed by atoms with van der Waals surface area (Å²) in [5.74, 6) is -1.33. The summed E-state index contributed by atoms with van der Waals surface area (Å²) in [7, 11) is 0. The number of carboxylic acid groups (broad SMARTS) is 1. The fourth-order valence-corrected chi connectivity index (χ4v) is 3.88. The molecule has 34 heavy (non-hydrogen) atoms. The van der Waals surface area contributed by atoms with Crippen molar-refractivity contribution in [3.05, 3.63) is 81.4 Å². The van der Waals surface area contributed by atoms with Crippen molar-refractivity contribution in [3.8, 4) is 5.75 Å². The zero-order chi connectivity index (χ0) is 24.2. The minimum absolute atomic E-state index is 0.147. The lowest BCUT2D eigenvalue weighted by molar-refractivity contribution is -0.152. The molecule has 2 aromatic carbocycles. The van der Waals surface area contributed by atoms with E-state index in [1.165, 1.54) is 29.5 Å². The van der Waals surface area contributed by atoms with E-state index in [2.05, 4.69) is 5.16 Å². The second kappa shape index (κ2) is 10.1. The molecular formula is C23H20ClFN2O7. The predicted octanol–water partition coefficient (Wildman–Crippen LogP) is 4.45. The highest BCUT2D eigenvalue weighted by Crippen LogP contribution is 2.41. The minimum Gasteiger partial charge on any atom is -0.482 e. The Hall–Kier alpha value is -3.63. The molecular weight excluding hydrogens is 471 g/mol. The van der Waals surface area contributed by atoms with Gasteiger partial charge in [0.1, 0.15) is 30.1 Å². The van der Waals surface area contributed by atoms with E-state index in [4.69, 9.17) is 35.5 Å². The number of carbonyl (C=O) groups is 2. The Bertz CT molecular complexity index is 1220. The number of aryl methyl sites for hydroxylation is 1. The van der Waals surface area contributed by atoms with Gasteiger partial charge in [-0.1, -0.05) is 22.8 Å². The zero-order valence-electron chi connectivity index (χ0n) is 18.0. The Morgan fingerprint density at radius 2 is 2.09 bits per heavy atom. The monoisotopic (exact) mass is 490 g/mol. The molecule has 0 aliphatic carbocycles. The lowest BCUT2D eigenvalue weighted by Crippen LogP contribution is -2.38. The van der Waals surface area contributed by atoms with Crippen molar-refractivity contribution in [2.45, 2.75) is 26.0 Å². The van der Waals surface area contributed by atoms with Crippen LogP contribution in [0, 0.1) is 12.7 Å². The highest BCUT2D eigenvalue weighted by molar-refractivity contribution is 6.30. The van der Waals surface area contributed by atoms with Crippen molar-refractivity contribution in [1.29, 1.82) is 0 Å². The summed E-state index contributed by atoms with van der Waals surface area (Å²) in [6, 6.07) is 8.20. The van der Waals surface area contributed by atoms with Gasteiger partial charge in [-0.15, -0.1) is 5.06 Å². The molecule has 2 heterocycles. The number of aliphatic carboxylic acids is 1. The summed E-state index contributed by atoms with van der Waals surface area (Å²) in [5, 5.41) is 14.5. The van der Waals surface area contributed by atoms with Gasteiger partial charge in [-0.2, -0.15) is 0 Å². The molecule has 0 saturated carbocycles.